The molecule has 37 heavy (non-hydrogen) atoms. The Hall–Kier alpha value is -1.56. The molecule has 2 aromatic heterocycles. The molecule has 202 valence electrons. The Kier molecular flexibility index (Phi) is 7.45. The molecule has 2 aliphatic heterocycles. The van der Waals surface area contributed by atoms with Gasteiger partial charge in [0.1, 0.15) is 6.23 Å². The van der Waals surface area contributed by atoms with Crippen molar-refractivity contribution >= 4 is 52.3 Å². The molecule has 10 nitrogen and oxygen atoms in total. The lowest BCUT2D eigenvalue weighted by Gasteiger charge is -2.37. The van der Waals surface area contributed by atoms with E-state index in [0.717, 1.165) is 25.7 Å². The molecule has 5 rings (SSSR count). The van der Waals surface area contributed by atoms with Gasteiger partial charge in [-0.3, -0.25) is 14.3 Å². The van der Waals surface area contributed by atoms with Crippen LogP contribution in [0.2, 0.25) is 0 Å². The number of fused-ring (bicyclic) bond motifs is 2. The Morgan fingerprint density at radius 2 is 2.30 bits per heavy atom. The van der Waals surface area contributed by atoms with Crippen LogP contribution in [0.1, 0.15) is 59.1 Å². The normalized spacial score (nSPS) is 35.9. The number of aliphatic imine (C=N–C) groups is 1. The highest BCUT2D eigenvalue weighted by Gasteiger charge is 2.54. The summed E-state index contributed by atoms with van der Waals surface area (Å²) in [6, 6.07) is 0. The zero-order valence-corrected chi connectivity index (χ0v) is 24.4. The number of hydrogen-bond donors (Lipinski definition) is 1. The Bertz CT molecular complexity index is 1330. The van der Waals surface area contributed by atoms with E-state index < -0.39 is 5.69 Å². The van der Waals surface area contributed by atoms with Crippen LogP contribution in [0, 0.1) is 5.92 Å². The standard InChI is InChI=1S/C24H35N6O4PS2/c1-7-16-17(33-35(36)34-18-10-15(14(2)3)8-9-24(18,4)37-35)11-19(32-16)30-13-25-20-21(30)27-23(28-22(20)31)26-12-29(5)6/h12-13,15-19H,2,7-11H2,1,3-6H3,(H,27,28,31)/b26-12-/t15-,16-,17+,18+,19-,24+,35-/m1/s1. The molecule has 2 saturated heterocycles. The zero-order chi connectivity index (χ0) is 26.5. The molecule has 3 aliphatic rings. The molecule has 13 heteroatoms. The molecule has 0 bridgehead atoms. The van der Waals surface area contributed by atoms with Gasteiger partial charge in [0, 0.05) is 25.3 Å². The number of nitrogens with one attached hydrogen (secondary N) is 1. The summed E-state index contributed by atoms with van der Waals surface area (Å²) < 4.78 is 21.3. The largest absolute Gasteiger partial charge is 0.369 e. The molecule has 7 atom stereocenters. The summed E-state index contributed by atoms with van der Waals surface area (Å²) in [6.07, 6.45) is 6.91. The summed E-state index contributed by atoms with van der Waals surface area (Å²) in [5.41, 5.74) is -1.02. The van der Waals surface area contributed by atoms with Gasteiger partial charge in [-0.1, -0.05) is 30.5 Å². The van der Waals surface area contributed by atoms with E-state index in [1.807, 2.05) is 14.1 Å². The lowest BCUT2D eigenvalue weighted by molar-refractivity contribution is -0.0151. The van der Waals surface area contributed by atoms with E-state index in [1.165, 1.54) is 5.57 Å². The van der Waals surface area contributed by atoms with Gasteiger partial charge in [0.2, 0.25) is 11.6 Å². The second kappa shape index (κ2) is 10.2. The molecule has 3 fully saturated rings. The first-order chi connectivity index (χ1) is 17.5. The number of allylic oxidation sites excluding steroid dienone is 1. The van der Waals surface area contributed by atoms with E-state index in [2.05, 4.69) is 47.3 Å². The molecule has 0 spiro atoms. The molecule has 0 unspecified atom stereocenters. The summed E-state index contributed by atoms with van der Waals surface area (Å²) in [5, 5.41) is 0. The van der Waals surface area contributed by atoms with Crippen molar-refractivity contribution in [2.24, 2.45) is 10.9 Å². The average Bonchev–Trinajstić information content (AvgIpc) is 3.49. The summed E-state index contributed by atoms with van der Waals surface area (Å²) >= 11 is 7.77. The van der Waals surface area contributed by atoms with Gasteiger partial charge in [0.25, 0.3) is 5.56 Å². The first kappa shape index (κ1) is 27.0. The number of hydrogen-bond acceptors (Lipinski definition) is 9. The fourth-order valence-electron chi connectivity index (χ4n) is 5.30. The Labute approximate surface area is 226 Å². The Morgan fingerprint density at radius 3 is 3.00 bits per heavy atom. The SMILES string of the molecule is C=C(C)[C@@H]1CC[C@]2(C)S[P@](=S)(O[C@H]3C[C@H](n4cnc5c(=O)[nH]c(/N=C\N(C)C)nc54)O[C@@H]3CC)O[C@H]2C1. The molecule has 0 aromatic carbocycles. The van der Waals surface area contributed by atoms with E-state index in [4.69, 9.17) is 25.6 Å². The van der Waals surface area contributed by atoms with Crippen molar-refractivity contribution in [1.82, 2.24) is 24.4 Å². The molecule has 1 aliphatic carbocycles. The van der Waals surface area contributed by atoms with E-state index in [0.29, 0.717) is 18.0 Å². The number of H-pyrrole nitrogens is 1. The molecule has 4 heterocycles. The molecule has 2 aromatic rings. The van der Waals surface area contributed by atoms with Crippen LogP contribution >= 0.6 is 17.1 Å². The van der Waals surface area contributed by atoms with Crippen molar-refractivity contribution in [3.63, 3.8) is 0 Å². The van der Waals surface area contributed by atoms with E-state index in [-0.39, 0.29) is 46.3 Å². The van der Waals surface area contributed by atoms with Crippen LogP contribution in [0.4, 0.5) is 5.95 Å². The van der Waals surface area contributed by atoms with Crippen molar-refractivity contribution in [2.45, 2.75) is 82.2 Å². The van der Waals surface area contributed by atoms with E-state index in [1.54, 1.807) is 33.5 Å². The highest BCUT2D eigenvalue weighted by atomic mass is 32.9. The summed E-state index contributed by atoms with van der Waals surface area (Å²) in [4.78, 5) is 30.1. The highest BCUT2D eigenvalue weighted by Crippen LogP contribution is 2.76. The van der Waals surface area contributed by atoms with Gasteiger partial charge in [0.05, 0.1) is 31.0 Å². The van der Waals surface area contributed by atoms with Crippen LogP contribution in [0.25, 0.3) is 11.2 Å². The minimum absolute atomic E-state index is 0.0307. The maximum atomic E-state index is 12.6. The third kappa shape index (κ3) is 5.33. The number of aromatic amines is 1. The fraction of sp³-hybridized carbons (Fsp3) is 0.667. The molecule has 1 saturated carbocycles. The van der Waals surface area contributed by atoms with Crippen LogP contribution in [0.5, 0.6) is 0 Å². The first-order valence-corrected chi connectivity index (χ1v) is 16.7. The maximum absolute atomic E-state index is 12.6. The van der Waals surface area contributed by atoms with Gasteiger partial charge in [-0.15, -0.1) is 0 Å². The third-order valence-electron chi connectivity index (χ3n) is 7.43. The van der Waals surface area contributed by atoms with Gasteiger partial charge < -0.3 is 18.7 Å². The molecular weight excluding hydrogens is 531 g/mol. The monoisotopic (exact) mass is 566 g/mol. The lowest BCUT2D eigenvalue weighted by Crippen LogP contribution is -2.39. The number of ether oxygens (including phenoxy) is 1. The molecule has 1 N–H and O–H groups in total. The topological polar surface area (TPSA) is 107 Å². The van der Waals surface area contributed by atoms with Crippen molar-refractivity contribution in [3.05, 3.63) is 28.8 Å². The summed E-state index contributed by atoms with van der Waals surface area (Å²) in [5.74, 6) is 0.681. The predicted octanol–water partition coefficient (Wildman–Crippen LogP) is 4.92. The summed E-state index contributed by atoms with van der Waals surface area (Å²) in [6.45, 7) is 10.6. The van der Waals surface area contributed by atoms with E-state index in [9.17, 15) is 4.79 Å². The molecular formula is C24H35N6O4PS2. The van der Waals surface area contributed by atoms with E-state index >= 15 is 0 Å². The fourth-order valence-corrected chi connectivity index (χ4v) is 12.9. The second-order valence-electron chi connectivity index (χ2n) is 10.6. The van der Waals surface area contributed by atoms with Crippen molar-refractivity contribution in [1.29, 1.82) is 0 Å². The summed E-state index contributed by atoms with van der Waals surface area (Å²) in [7, 11) is 3.69. The highest BCUT2D eigenvalue weighted by molar-refractivity contribution is 8.68. The van der Waals surface area contributed by atoms with Crippen LogP contribution in [0.3, 0.4) is 0 Å². The quantitative estimate of drug-likeness (QED) is 0.216. The van der Waals surface area contributed by atoms with Crippen LogP contribution < -0.4 is 5.56 Å². The smallest absolute Gasteiger partial charge is 0.280 e. The minimum atomic E-state index is -2.56. The van der Waals surface area contributed by atoms with Crippen molar-refractivity contribution < 1.29 is 13.8 Å². The van der Waals surface area contributed by atoms with Gasteiger partial charge in [-0.05, 0) is 57.3 Å². The maximum Gasteiger partial charge on any atom is 0.280 e. The van der Waals surface area contributed by atoms with Crippen LogP contribution in [-0.2, 0) is 25.6 Å². The van der Waals surface area contributed by atoms with Crippen LogP contribution in [-0.4, -0.2) is 67.9 Å². The molecule has 0 radical (unpaired) electrons. The minimum Gasteiger partial charge on any atom is -0.369 e. The van der Waals surface area contributed by atoms with Gasteiger partial charge >= 0.3 is 0 Å². The first-order valence-electron chi connectivity index (χ1n) is 12.7. The number of aromatic nitrogens is 4. The Morgan fingerprint density at radius 1 is 1.51 bits per heavy atom. The van der Waals surface area contributed by atoms with Gasteiger partial charge in [-0.25, -0.2) is 9.98 Å². The number of imidazole rings is 1. The second-order valence-corrected chi connectivity index (χ2v) is 17.2. The predicted molar refractivity (Wildman–Crippen MR) is 151 cm³/mol. The van der Waals surface area contributed by atoms with Gasteiger partial charge in [0.15, 0.2) is 11.2 Å². The number of nitrogens with zero attached hydrogens (tertiary/aromatic N) is 5. The van der Waals surface area contributed by atoms with Crippen molar-refractivity contribution in [3.8, 4) is 0 Å². The lowest BCUT2D eigenvalue weighted by atomic mass is 9.77. The Balaban J connectivity index is 1.36. The van der Waals surface area contributed by atoms with Crippen LogP contribution in [0.15, 0.2) is 28.3 Å². The zero-order valence-electron chi connectivity index (χ0n) is 21.9. The average molecular weight is 567 g/mol. The third-order valence-corrected chi connectivity index (χ3v) is 13.2. The molecule has 0 amide bonds. The van der Waals surface area contributed by atoms with Crippen molar-refractivity contribution in [2.75, 3.05) is 14.1 Å². The number of rotatable bonds is 7. The van der Waals surface area contributed by atoms with Gasteiger partial charge in [-0.2, -0.15) is 4.98 Å².